The van der Waals surface area contributed by atoms with Gasteiger partial charge in [0.05, 0.1) is 45.5 Å². The fourth-order valence-electron chi connectivity index (χ4n) is 4.68. The Kier molecular flexibility index (Phi) is 7.56. The third-order valence-electron chi connectivity index (χ3n) is 6.57. The molecule has 0 unspecified atom stereocenters. The third kappa shape index (κ3) is 5.33. The lowest BCUT2D eigenvalue weighted by molar-refractivity contribution is -0.158. The molecule has 0 amide bonds. The van der Waals surface area contributed by atoms with Gasteiger partial charge >= 0.3 is 5.97 Å². The quantitative estimate of drug-likeness (QED) is 0.264. The highest BCUT2D eigenvalue weighted by atomic mass is 16.7. The molecule has 1 heterocycles. The van der Waals surface area contributed by atoms with E-state index in [1.807, 2.05) is 0 Å². The van der Waals surface area contributed by atoms with Crippen molar-refractivity contribution in [3.63, 3.8) is 0 Å². The minimum Gasteiger partial charge on any atom is -0.507 e. The van der Waals surface area contributed by atoms with E-state index in [4.69, 9.17) is 14.2 Å². The highest BCUT2D eigenvalue weighted by Gasteiger charge is 2.35. The van der Waals surface area contributed by atoms with Crippen molar-refractivity contribution in [2.75, 3.05) is 27.4 Å². The van der Waals surface area contributed by atoms with E-state index in [1.165, 1.54) is 20.3 Å². The zero-order chi connectivity index (χ0) is 26.7. The molecule has 0 spiro atoms. The number of aryl methyl sites for hydroxylation is 1. The van der Waals surface area contributed by atoms with Crippen molar-refractivity contribution in [3.8, 4) is 5.75 Å². The van der Waals surface area contributed by atoms with Gasteiger partial charge in [0.1, 0.15) is 17.3 Å². The lowest BCUT2D eigenvalue weighted by atomic mass is 9.80. The van der Waals surface area contributed by atoms with Gasteiger partial charge in [-0.3, -0.25) is 14.4 Å². The number of Topliss-reactive ketones (excluding diaryl/α,β-unsaturated/α-hetero) is 1. The summed E-state index contributed by atoms with van der Waals surface area (Å²) >= 11 is 0. The smallest absolute Gasteiger partial charge is 0.333 e. The molecule has 4 rings (SSSR count). The van der Waals surface area contributed by atoms with E-state index in [0.29, 0.717) is 18.8 Å². The SMILES string of the molecule is COC(=O)/C=C(\Cc1c(CCC(=O)CC2(C)OCCO2)cc2c(c1O)C(=O)c1ccccc1C2=O)OC. The maximum absolute atomic E-state index is 13.3. The maximum Gasteiger partial charge on any atom is 0.333 e. The van der Waals surface area contributed by atoms with Crippen LogP contribution in [-0.4, -0.2) is 61.6 Å². The van der Waals surface area contributed by atoms with Gasteiger partial charge in [-0.1, -0.05) is 24.3 Å². The molecule has 9 heteroatoms. The molecule has 1 fully saturated rings. The molecule has 2 aliphatic rings. The van der Waals surface area contributed by atoms with Crippen LogP contribution in [0.5, 0.6) is 5.75 Å². The van der Waals surface area contributed by atoms with Crippen molar-refractivity contribution in [2.45, 2.75) is 38.4 Å². The molecule has 0 radical (unpaired) electrons. The molecule has 194 valence electrons. The Labute approximate surface area is 214 Å². The first-order valence-electron chi connectivity index (χ1n) is 11.9. The molecular formula is C28H28O9. The molecule has 1 saturated heterocycles. The van der Waals surface area contributed by atoms with Crippen molar-refractivity contribution >= 4 is 23.3 Å². The summed E-state index contributed by atoms with van der Waals surface area (Å²) in [6.07, 6.45) is 1.36. The summed E-state index contributed by atoms with van der Waals surface area (Å²) in [5, 5.41) is 11.3. The van der Waals surface area contributed by atoms with Gasteiger partial charge in [-0.15, -0.1) is 0 Å². The average molecular weight is 509 g/mol. The number of ketones is 3. The van der Waals surface area contributed by atoms with Crippen molar-refractivity contribution in [1.82, 2.24) is 0 Å². The van der Waals surface area contributed by atoms with Gasteiger partial charge in [-0.25, -0.2) is 4.79 Å². The number of rotatable bonds is 9. The molecular weight excluding hydrogens is 480 g/mol. The summed E-state index contributed by atoms with van der Waals surface area (Å²) < 4.78 is 21.0. The number of methoxy groups -OCH3 is 2. The van der Waals surface area contributed by atoms with Crippen LogP contribution in [0.4, 0.5) is 0 Å². The minimum atomic E-state index is -0.976. The number of carbonyl (C=O) groups is 4. The number of hydrogen-bond acceptors (Lipinski definition) is 9. The first-order chi connectivity index (χ1) is 17.7. The molecule has 0 bridgehead atoms. The summed E-state index contributed by atoms with van der Waals surface area (Å²) in [4.78, 5) is 51.2. The second-order valence-electron chi connectivity index (χ2n) is 9.05. The van der Waals surface area contributed by atoms with Crippen LogP contribution in [0.3, 0.4) is 0 Å². The number of aromatic hydroxyl groups is 1. The Morgan fingerprint density at radius 2 is 1.68 bits per heavy atom. The molecule has 0 saturated carbocycles. The number of fused-ring (bicyclic) bond motifs is 2. The van der Waals surface area contributed by atoms with Crippen LogP contribution in [0.1, 0.15) is 62.7 Å². The number of allylic oxidation sites excluding steroid dienone is 1. The van der Waals surface area contributed by atoms with E-state index in [-0.39, 0.29) is 70.8 Å². The van der Waals surface area contributed by atoms with Gasteiger partial charge < -0.3 is 24.1 Å². The number of esters is 1. The van der Waals surface area contributed by atoms with Gasteiger partial charge in [-0.2, -0.15) is 0 Å². The monoisotopic (exact) mass is 508 g/mol. The second kappa shape index (κ2) is 10.7. The molecule has 1 aliphatic heterocycles. The van der Waals surface area contributed by atoms with E-state index in [2.05, 4.69) is 4.74 Å². The van der Waals surface area contributed by atoms with Crippen LogP contribution >= 0.6 is 0 Å². The molecule has 9 nitrogen and oxygen atoms in total. The van der Waals surface area contributed by atoms with Crippen LogP contribution in [0.2, 0.25) is 0 Å². The summed E-state index contributed by atoms with van der Waals surface area (Å²) in [7, 11) is 2.58. The van der Waals surface area contributed by atoms with E-state index < -0.39 is 23.3 Å². The Hall–Kier alpha value is -3.82. The topological polar surface area (TPSA) is 125 Å². The molecule has 1 aliphatic carbocycles. The number of carbonyl (C=O) groups excluding carboxylic acids is 4. The van der Waals surface area contributed by atoms with E-state index in [1.54, 1.807) is 31.2 Å². The third-order valence-corrected chi connectivity index (χ3v) is 6.57. The Balaban J connectivity index is 1.73. The van der Waals surface area contributed by atoms with Gasteiger partial charge in [0, 0.05) is 35.1 Å². The standard InChI is InChI=1S/C28H28O9/c1-28(36-10-11-37-28)15-17(29)9-8-16-12-22-24(26(32)20-7-5-4-6-19(20)25(22)31)27(33)21(16)13-18(34-2)14-23(30)35-3/h4-7,12,14,33H,8-11,13,15H2,1-3H3/b18-14+. The first-order valence-corrected chi connectivity index (χ1v) is 11.9. The van der Waals surface area contributed by atoms with Crippen LogP contribution in [0, 0.1) is 0 Å². The number of benzene rings is 2. The highest BCUT2D eigenvalue weighted by Crippen LogP contribution is 2.38. The zero-order valence-electron chi connectivity index (χ0n) is 20.9. The van der Waals surface area contributed by atoms with Gasteiger partial charge in [0.15, 0.2) is 17.4 Å². The van der Waals surface area contributed by atoms with Gasteiger partial charge in [-0.05, 0) is 25.0 Å². The lowest BCUT2D eigenvalue weighted by Crippen LogP contribution is -2.29. The average Bonchev–Trinajstić information content (AvgIpc) is 3.32. The van der Waals surface area contributed by atoms with Crippen LogP contribution in [0.15, 0.2) is 42.2 Å². The van der Waals surface area contributed by atoms with Crippen molar-refractivity contribution < 1.29 is 43.2 Å². The number of hydrogen-bond donors (Lipinski definition) is 1. The van der Waals surface area contributed by atoms with E-state index in [9.17, 15) is 24.3 Å². The van der Waals surface area contributed by atoms with Crippen LogP contribution in [0.25, 0.3) is 0 Å². The fourth-order valence-corrected chi connectivity index (χ4v) is 4.68. The molecule has 2 aromatic carbocycles. The summed E-state index contributed by atoms with van der Waals surface area (Å²) in [5.74, 6) is -2.84. The first kappa shape index (κ1) is 26.2. The highest BCUT2D eigenvalue weighted by molar-refractivity contribution is 6.29. The molecule has 2 aromatic rings. The van der Waals surface area contributed by atoms with E-state index >= 15 is 0 Å². The molecule has 0 aromatic heterocycles. The Morgan fingerprint density at radius 3 is 2.30 bits per heavy atom. The maximum atomic E-state index is 13.3. The van der Waals surface area contributed by atoms with Gasteiger partial charge in [0.2, 0.25) is 0 Å². The molecule has 37 heavy (non-hydrogen) atoms. The molecule has 1 N–H and O–H groups in total. The normalized spacial score (nSPS) is 16.2. The predicted octanol–water partition coefficient (Wildman–Crippen LogP) is 3.07. The zero-order valence-corrected chi connectivity index (χ0v) is 20.9. The fraction of sp³-hybridized carbons (Fsp3) is 0.357. The number of ether oxygens (including phenoxy) is 4. The lowest BCUT2D eigenvalue weighted by Gasteiger charge is -2.23. The van der Waals surface area contributed by atoms with Crippen molar-refractivity contribution in [2.24, 2.45) is 0 Å². The van der Waals surface area contributed by atoms with E-state index in [0.717, 1.165) is 6.08 Å². The second-order valence-corrected chi connectivity index (χ2v) is 9.05. The summed E-state index contributed by atoms with van der Waals surface area (Å²) in [6, 6.07) is 7.96. The van der Waals surface area contributed by atoms with Crippen LogP contribution < -0.4 is 0 Å². The Morgan fingerprint density at radius 1 is 1.03 bits per heavy atom. The largest absolute Gasteiger partial charge is 0.507 e. The summed E-state index contributed by atoms with van der Waals surface area (Å²) in [6.45, 7) is 2.53. The summed E-state index contributed by atoms with van der Waals surface area (Å²) in [5.41, 5.74) is 1.17. The predicted molar refractivity (Wildman–Crippen MR) is 130 cm³/mol. The van der Waals surface area contributed by atoms with Crippen LogP contribution in [-0.2, 0) is 41.4 Å². The number of phenolic OH excluding ortho intramolecular Hbond substituents is 1. The Bertz CT molecular complexity index is 1300. The molecule has 0 atom stereocenters. The number of phenols is 1. The van der Waals surface area contributed by atoms with Gasteiger partial charge in [0.25, 0.3) is 0 Å². The minimum absolute atomic E-state index is 0.0512. The van der Waals surface area contributed by atoms with Crippen molar-refractivity contribution in [3.05, 3.63) is 75.5 Å². The van der Waals surface area contributed by atoms with Crippen molar-refractivity contribution in [1.29, 1.82) is 0 Å².